The smallest absolute Gasteiger partial charge is 0.265 e. The highest BCUT2D eigenvalue weighted by atomic mass is 35.5. The second-order valence-electron chi connectivity index (χ2n) is 10.8. The Bertz CT molecular complexity index is 1700. The number of carbonyl (C=O) groups is 2. The highest BCUT2D eigenvalue weighted by molar-refractivity contribution is 7.93. The molecule has 0 spiro atoms. The van der Waals surface area contributed by atoms with Crippen LogP contribution in [0.15, 0.2) is 95.9 Å². The van der Waals surface area contributed by atoms with Gasteiger partial charge in [0, 0.05) is 42.4 Å². The lowest BCUT2D eigenvalue weighted by molar-refractivity contribution is -0.141. The van der Waals surface area contributed by atoms with Crippen molar-refractivity contribution >= 4 is 49.9 Å². The number of halogens is 1. The number of sulfonamides is 1. The molecule has 9 heteroatoms. The van der Waals surface area contributed by atoms with Crippen molar-refractivity contribution in [3.8, 4) is 0 Å². The maximum absolute atomic E-state index is 14.0. The molecule has 0 radical (unpaired) electrons. The van der Waals surface area contributed by atoms with Gasteiger partial charge in [0.15, 0.2) is 0 Å². The van der Waals surface area contributed by atoms with Crippen molar-refractivity contribution in [1.29, 1.82) is 0 Å². The van der Waals surface area contributed by atoms with Gasteiger partial charge in [-0.15, -0.1) is 0 Å². The van der Waals surface area contributed by atoms with Gasteiger partial charge < -0.3 is 10.2 Å². The van der Waals surface area contributed by atoms with Crippen LogP contribution in [0.2, 0.25) is 5.02 Å². The average molecular weight is 604 g/mol. The Morgan fingerprint density at radius 3 is 2.31 bits per heavy atom. The van der Waals surface area contributed by atoms with Gasteiger partial charge in [-0.3, -0.25) is 13.9 Å². The molecule has 42 heavy (non-hydrogen) atoms. The maximum Gasteiger partial charge on any atom is 0.265 e. The van der Waals surface area contributed by atoms with Crippen LogP contribution in [0.1, 0.15) is 37.8 Å². The van der Waals surface area contributed by atoms with Crippen molar-refractivity contribution in [3.05, 3.63) is 107 Å². The lowest BCUT2D eigenvalue weighted by Gasteiger charge is -2.32. The zero-order valence-corrected chi connectivity index (χ0v) is 25.2. The van der Waals surface area contributed by atoms with Crippen molar-refractivity contribution in [2.45, 2.75) is 56.6 Å². The maximum atomic E-state index is 14.0. The second-order valence-corrected chi connectivity index (χ2v) is 13.0. The van der Waals surface area contributed by atoms with E-state index in [1.807, 2.05) is 80.6 Å². The number of nitrogens with zero attached hydrogens (tertiary/aromatic N) is 2. The van der Waals surface area contributed by atoms with Crippen LogP contribution in [0.5, 0.6) is 0 Å². The third kappa shape index (κ3) is 6.15. The molecule has 0 bridgehead atoms. The molecule has 0 saturated carbocycles. The number of amides is 2. The van der Waals surface area contributed by atoms with Crippen LogP contribution in [0.3, 0.4) is 0 Å². The molecular formula is C33H34ClN3O4S. The molecule has 7 nitrogen and oxygen atoms in total. The van der Waals surface area contributed by atoms with Gasteiger partial charge in [-0.1, -0.05) is 84.4 Å². The van der Waals surface area contributed by atoms with Crippen molar-refractivity contribution in [1.82, 2.24) is 10.2 Å². The summed E-state index contributed by atoms with van der Waals surface area (Å²) in [4.78, 5) is 29.4. The predicted octanol–water partition coefficient (Wildman–Crippen LogP) is 5.95. The van der Waals surface area contributed by atoms with E-state index >= 15 is 0 Å². The van der Waals surface area contributed by atoms with Gasteiger partial charge in [0.1, 0.15) is 6.04 Å². The van der Waals surface area contributed by atoms with Crippen LogP contribution in [-0.4, -0.2) is 43.8 Å². The van der Waals surface area contributed by atoms with Gasteiger partial charge >= 0.3 is 0 Å². The van der Waals surface area contributed by atoms with Crippen LogP contribution in [-0.2, 0) is 32.6 Å². The lowest BCUT2D eigenvalue weighted by Crippen LogP contribution is -2.51. The van der Waals surface area contributed by atoms with Crippen LogP contribution in [0.25, 0.3) is 10.8 Å². The largest absolute Gasteiger partial charge is 0.352 e. The number of rotatable bonds is 11. The number of nitrogens with one attached hydrogen (secondary N) is 1. The van der Waals surface area contributed by atoms with Crippen molar-refractivity contribution in [2.24, 2.45) is 0 Å². The molecule has 1 aliphatic heterocycles. The SMILES string of the molecule is CC(C)NC(=O)[C@@H](Cc1ccccc1)N(Cc1ccccc1Cl)C(=O)CCCN1c2cccc3cccc(c23)S1(=O)=O. The first-order valence-corrected chi connectivity index (χ1v) is 15.9. The summed E-state index contributed by atoms with van der Waals surface area (Å²) in [7, 11) is -3.73. The lowest BCUT2D eigenvalue weighted by atomic mass is 10.0. The molecule has 1 N–H and O–H groups in total. The number of hydrogen-bond donors (Lipinski definition) is 1. The number of anilines is 1. The molecule has 0 aromatic heterocycles. The molecule has 1 atom stereocenters. The Kier molecular flexibility index (Phi) is 8.85. The minimum Gasteiger partial charge on any atom is -0.352 e. The van der Waals surface area contributed by atoms with Crippen molar-refractivity contribution in [2.75, 3.05) is 10.8 Å². The fraction of sp³-hybridized carbons (Fsp3) is 0.273. The zero-order valence-electron chi connectivity index (χ0n) is 23.7. The molecule has 1 aliphatic rings. The van der Waals surface area contributed by atoms with E-state index in [1.165, 1.54) is 4.31 Å². The molecule has 5 rings (SSSR count). The van der Waals surface area contributed by atoms with Gasteiger partial charge in [-0.05, 0) is 55.0 Å². The van der Waals surface area contributed by atoms with Gasteiger partial charge in [0.05, 0.1) is 10.6 Å². The van der Waals surface area contributed by atoms with Gasteiger partial charge in [0.25, 0.3) is 10.0 Å². The fourth-order valence-corrected chi connectivity index (χ4v) is 7.41. The minimum absolute atomic E-state index is 0.0586. The van der Waals surface area contributed by atoms with Crippen LogP contribution >= 0.6 is 11.6 Å². The third-order valence-corrected chi connectivity index (χ3v) is 9.66. The molecule has 218 valence electrons. The second kappa shape index (κ2) is 12.5. The Morgan fingerprint density at radius 1 is 0.905 bits per heavy atom. The molecule has 0 unspecified atom stereocenters. The van der Waals surface area contributed by atoms with Crippen LogP contribution in [0, 0.1) is 0 Å². The Morgan fingerprint density at radius 2 is 1.60 bits per heavy atom. The Balaban J connectivity index is 1.40. The third-order valence-electron chi connectivity index (χ3n) is 7.43. The highest BCUT2D eigenvalue weighted by Gasteiger charge is 2.36. The Hall–Kier alpha value is -3.88. The van der Waals surface area contributed by atoms with Crippen molar-refractivity contribution in [3.63, 3.8) is 0 Å². The summed E-state index contributed by atoms with van der Waals surface area (Å²) in [6, 6.07) is 26.8. The number of hydrogen-bond acceptors (Lipinski definition) is 4. The predicted molar refractivity (Wildman–Crippen MR) is 167 cm³/mol. The normalized spacial score (nSPS) is 14.2. The average Bonchev–Trinajstić information content (AvgIpc) is 3.19. The summed E-state index contributed by atoms with van der Waals surface area (Å²) in [5.74, 6) is -0.499. The van der Waals surface area contributed by atoms with E-state index in [2.05, 4.69) is 5.32 Å². The van der Waals surface area contributed by atoms with E-state index in [4.69, 9.17) is 11.6 Å². The molecule has 0 aliphatic carbocycles. The minimum atomic E-state index is -3.73. The molecule has 1 heterocycles. The van der Waals surface area contributed by atoms with E-state index in [0.717, 1.165) is 16.5 Å². The van der Waals surface area contributed by atoms with E-state index in [0.29, 0.717) is 22.5 Å². The summed E-state index contributed by atoms with van der Waals surface area (Å²) < 4.78 is 28.2. The summed E-state index contributed by atoms with van der Waals surface area (Å²) >= 11 is 6.49. The van der Waals surface area contributed by atoms with Gasteiger partial charge in [0.2, 0.25) is 11.8 Å². The van der Waals surface area contributed by atoms with Crippen molar-refractivity contribution < 1.29 is 18.0 Å². The molecule has 0 fully saturated rings. The highest BCUT2D eigenvalue weighted by Crippen LogP contribution is 2.42. The van der Waals surface area contributed by atoms with E-state index in [-0.39, 0.29) is 48.7 Å². The zero-order chi connectivity index (χ0) is 29.9. The number of benzene rings is 4. The molecular weight excluding hydrogens is 570 g/mol. The Labute approximate surface area is 252 Å². The molecule has 0 saturated heterocycles. The first-order chi connectivity index (χ1) is 20.2. The van der Waals surface area contributed by atoms with Gasteiger partial charge in [-0.25, -0.2) is 8.42 Å². The van der Waals surface area contributed by atoms with E-state index in [9.17, 15) is 18.0 Å². The van der Waals surface area contributed by atoms with Gasteiger partial charge in [-0.2, -0.15) is 0 Å². The van der Waals surface area contributed by atoms with E-state index in [1.54, 1.807) is 29.2 Å². The number of carbonyl (C=O) groups excluding carboxylic acids is 2. The monoisotopic (exact) mass is 603 g/mol. The summed E-state index contributed by atoms with van der Waals surface area (Å²) in [5.41, 5.74) is 2.28. The first-order valence-electron chi connectivity index (χ1n) is 14.1. The summed E-state index contributed by atoms with van der Waals surface area (Å²) in [5, 5.41) is 5.05. The summed E-state index contributed by atoms with van der Waals surface area (Å²) in [6.07, 6.45) is 0.668. The van der Waals surface area contributed by atoms with E-state index < -0.39 is 16.1 Å². The molecule has 4 aromatic carbocycles. The molecule has 4 aromatic rings. The van der Waals surface area contributed by atoms with Crippen LogP contribution in [0.4, 0.5) is 5.69 Å². The topological polar surface area (TPSA) is 86.8 Å². The standard InChI is InChI=1S/C33H34ClN3O4S/c1-23(2)35-33(39)29(21-24-11-4-3-5-12-24)36(22-26-13-6-7-16-27(26)34)31(38)19-10-20-37-28-17-8-14-25-15-9-18-30(32(25)28)42(37,40)41/h3-9,11-18,23,29H,10,19-22H2,1-2H3,(H,35,39)/t29-/m1/s1. The quantitative estimate of drug-likeness (QED) is 0.230. The summed E-state index contributed by atoms with van der Waals surface area (Å²) in [6.45, 7) is 4.05. The molecule has 2 amide bonds. The fourth-order valence-electron chi connectivity index (χ4n) is 5.46. The first kappa shape index (κ1) is 29.6. The van der Waals surface area contributed by atoms with Crippen LogP contribution < -0.4 is 9.62 Å².